The number of hydrogen-bond acceptors (Lipinski definition) is 4. The topological polar surface area (TPSA) is 54.1 Å². The van der Waals surface area contributed by atoms with Crippen LogP contribution in [0.3, 0.4) is 0 Å². The zero-order valence-electron chi connectivity index (χ0n) is 37.0. The van der Waals surface area contributed by atoms with Crippen molar-refractivity contribution >= 4 is 43.6 Å². The van der Waals surface area contributed by atoms with E-state index in [1.807, 2.05) is 133 Å². The van der Waals surface area contributed by atoms with E-state index in [0.717, 1.165) is 44.3 Å². The molecule has 0 atom stereocenters. The van der Waals surface area contributed by atoms with E-state index in [-0.39, 0.29) is 42.1 Å². The number of fused-ring (bicyclic) bond motifs is 6. The Bertz CT molecular complexity index is 3440. The average molecular weight is 1260 g/mol. The maximum absolute atomic E-state index is 7.34. The first-order chi connectivity index (χ1) is 33.6. The Hall–Kier alpha value is -8.24. The van der Waals surface area contributed by atoms with Gasteiger partial charge in [0.2, 0.25) is 11.8 Å². The van der Waals surface area contributed by atoms with Gasteiger partial charge in [-0.15, -0.1) is 0 Å². The average Bonchev–Trinajstić information content (AvgIpc) is 3.92. The second-order valence-electron chi connectivity index (χ2n) is 15.3. The normalized spacial score (nSPS) is 10.3. The maximum Gasteiger partial charge on any atom is 0.216 e. The molecule has 0 saturated heterocycles. The number of benzene rings is 8. The third-order valence-electron chi connectivity index (χ3n) is 11.2. The minimum absolute atomic E-state index is 0. The van der Waals surface area contributed by atoms with E-state index in [9.17, 15) is 0 Å². The molecule has 0 fully saturated rings. The maximum atomic E-state index is 7.34. The van der Waals surface area contributed by atoms with Gasteiger partial charge in [-0.05, 0) is 58.7 Å². The summed E-state index contributed by atoms with van der Waals surface area (Å²) in [6.45, 7) is 0. The molecule has 0 saturated carbocycles. The SMILES string of the molecule is [C-]#Cn1c2ccccc2c2ccccc21.[C-]#Cn1c2ccccc2c2ccccc21.[Pt].[Pt].[c-]1ccc(Oc2cc(-c3ccccc3)ccn2)[c-]c1-c1[c-]ccc(Oc2cc(-c3ccccc3)ccn2)[c-]1. The number of para-hydroxylation sites is 4. The van der Waals surface area contributed by atoms with Crippen molar-refractivity contribution in [2.24, 2.45) is 0 Å². The van der Waals surface area contributed by atoms with Gasteiger partial charge in [0.1, 0.15) is 0 Å². The molecule has 12 rings (SSSR count). The van der Waals surface area contributed by atoms with E-state index in [2.05, 4.69) is 94.9 Å². The van der Waals surface area contributed by atoms with Crippen molar-refractivity contribution in [3.63, 3.8) is 0 Å². The Balaban J connectivity index is 0.000000168. The van der Waals surface area contributed by atoms with Crippen LogP contribution < -0.4 is 9.47 Å². The quantitative estimate of drug-likeness (QED) is 0.118. The summed E-state index contributed by atoms with van der Waals surface area (Å²) in [5.41, 5.74) is 9.68. The third kappa shape index (κ3) is 10.6. The van der Waals surface area contributed by atoms with E-state index in [4.69, 9.17) is 22.3 Å². The van der Waals surface area contributed by atoms with Crippen LogP contribution in [0, 0.1) is 49.2 Å². The van der Waals surface area contributed by atoms with Crippen molar-refractivity contribution < 1.29 is 51.6 Å². The molecule has 0 bridgehead atoms. The molecular formula is C62H36N4O2Pt2-6. The van der Waals surface area contributed by atoms with E-state index >= 15 is 0 Å². The van der Waals surface area contributed by atoms with Crippen molar-refractivity contribution in [2.75, 3.05) is 0 Å². The zero-order chi connectivity index (χ0) is 46.1. The molecule has 0 N–H and O–H groups in total. The minimum Gasteiger partial charge on any atom is -0.669 e. The largest absolute Gasteiger partial charge is 0.669 e. The summed E-state index contributed by atoms with van der Waals surface area (Å²) in [5.74, 6) is 1.99. The van der Waals surface area contributed by atoms with E-state index in [1.165, 1.54) is 21.5 Å². The molecule has 0 aliphatic rings. The third-order valence-corrected chi connectivity index (χ3v) is 11.2. The molecule has 8 heteroatoms. The Labute approximate surface area is 435 Å². The Morgan fingerprint density at radius 1 is 0.386 bits per heavy atom. The number of aromatic nitrogens is 4. The molecule has 0 spiro atoms. The van der Waals surface area contributed by atoms with Gasteiger partial charge in [0.15, 0.2) is 0 Å². The number of rotatable bonds is 7. The molecule has 0 amide bonds. The van der Waals surface area contributed by atoms with Crippen LogP contribution >= 0.6 is 0 Å². The molecule has 0 radical (unpaired) electrons. The minimum atomic E-state index is 0. The standard InChI is InChI=1S/C34H20N2O2.2C14H8N.2Pt/c1-3-9-25(10-4-1)29-17-19-35-33(23-29)37-31-15-7-13-27(21-31)28-14-8-16-32(22-28)38-34-24-30(18-20-36-34)26-11-5-2-6-12-26;2*1-2-15-13-9-5-3-7-11(13)12-8-4-6-10-14(12)15;;/h1-12,15-20,23-24H;2*3-10H;;/q-4;2*-1;;. The number of nitrogens with zero attached hydrogens (tertiary/aromatic N) is 4. The summed E-state index contributed by atoms with van der Waals surface area (Å²) in [6.07, 6.45) is 18.1. The summed E-state index contributed by atoms with van der Waals surface area (Å²) in [5, 5.41) is 4.70. The van der Waals surface area contributed by atoms with Gasteiger partial charge in [-0.2, -0.15) is 12.1 Å². The Kier molecular flexibility index (Phi) is 15.6. The van der Waals surface area contributed by atoms with Gasteiger partial charge in [-0.1, -0.05) is 145 Å². The van der Waals surface area contributed by atoms with Crippen LogP contribution in [0.15, 0.2) is 219 Å². The first-order valence-corrected chi connectivity index (χ1v) is 21.7. The molecule has 6 nitrogen and oxygen atoms in total. The summed E-state index contributed by atoms with van der Waals surface area (Å²) in [4.78, 5) is 8.71. The molecule has 342 valence electrons. The van der Waals surface area contributed by atoms with Crippen LogP contribution in [0.2, 0.25) is 0 Å². The number of ether oxygens (including phenoxy) is 2. The fourth-order valence-electron chi connectivity index (χ4n) is 8.05. The first kappa shape index (κ1) is 48.2. The van der Waals surface area contributed by atoms with Crippen molar-refractivity contribution in [3.8, 4) is 68.7 Å². The fraction of sp³-hybridized carbons (Fsp3) is 0. The smallest absolute Gasteiger partial charge is 0.216 e. The van der Waals surface area contributed by atoms with Crippen molar-refractivity contribution in [2.45, 2.75) is 0 Å². The van der Waals surface area contributed by atoms with Crippen LogP contribution in [0.5, 0.6) is 23.3 Å². The Morgan fingerprint density at radius 3 is 1.06 bits per heavy atom. The molecule has 8 aromatic carbocycles. The first-order valence-electron chi connectivity index (χ1n) is 21.7. The van der Waals surface area contributed by atoms with Crippen molar-refractivity contribution in [1.82, 2.24) is 19.1 Å². The molecule has 0 unspecified atom stereocenters. The van der Waals surface area contributed by atoms with Gasteiger partial charge in [-0.3, -0.25) is 12.1 Å². The summed E-state index contributed by atoms with van der Waals surface area (Å²) in [7, 11) is 0. The molecule has 0 aliphatic carbocycles. The van der Waals surface area contributed by atoms with E-state index in [1.54, 1.807) is 45.8 Å². The van der Waals surface area contributed by atoms with E-state index in [0.29, 0.717) is 34.4 Å². The summed E-state index contributed by atoms with van der Waals surface area (Å²) < 4.78 is 15.6. The fourth-order valence-corrected chi connectivity index (χ4v) is 8.05. The van der Waals surface area contributed by atoms with Crippen molar-refractivity contribution in [1.29, 1.82) is 0 Å². The zero-order valence-corrected chi connectivity index (χ0v) is 41.6. The Morgan fingerprint density at radius 2 is 0.714 bits per heavy atom. The van der Waals surface area contributed by atoms with Gasteiger partial charge in [0, 0.05) is 88.2 Å². The molecule has 4 aromatic heterocycles. The molecule has 0 aliphatic heterocycles. The van der Waals surface area contributed by atoms with Gasteiger partial charge < -0.3 is 66.8 Å². The number of hydrogen-bond donors (Lipinski definition) is 0. The second kappa shape index (κ2) is 22.7. The van der Waals surface area contributed by atoms with E-state index < -0.39 is 0 Å². The molecule has 70 heavy (non-hydrogen) atoms. The van der Waals surface area contributed by atoms with Crippen LogP contribution in [0.1, 0.15) is 0 Å². The summed E-state index contributed by atoms with van der Waals surface area (Å²) >= 11 is 0. The van der Waals surface area contributed by atoms with Gasteiger partial charge >= 0.3 is 0 Å². The van der Waals surface area contributed by atoms with Crippen molar-refractivity contribution in [3.05, 3.63) is 256 Å². The summed E-state index contributed by atoms with van der Waals surface area (Å²) in [6, 6.07) is 85.2. The van der Waals surface area contributed by atoms with Crippen LogP contribution in [-0.2, 0) is 42.1 Å². The van der Waals surface area contributed by atoms with Crippen LogP contribution in [0.4, 0.5) is 0 Å². The molecular weight excluding hydrogens is 1220 g/mol. The monoisotopic (exact) mass is 1260 g/mol. The number of pyridine rings is 2. The van der Waals surface area contributed by atoms with Gasteiger partial charge in [-0.25, -0.2) is 22.1 Å². The molecule has 12 aromatic rings. The molecule has 4 heterocycles. The second-order valence-corrected chi connectivity index (χ2v) is 15.3. The predicted octanol–water partition coefficient (Wildman–Crippen LogP) is 14.6. The van der Waals surface area contributed by atoms with Gasteiger partial charge in [0.25, 0.3) is 0 Å². The van der Waals surface area contributed by atoms with Crippen LogP contribution in [0.25, 0.3) is 77.0 Å². The van der Waals surface area contributed by atoms with Crippen LogP contribution in [-0.4, -0.2) is 19.1 Å². The predicted molar refractivity (Wildman–Crippen MR) is 271 cm³/mol. The van der Waals surface area contributed by atoms with Gasteiger partial charge in [0.05, 0.1) is 22.1 Å².